The molecular formula is C13H21NS. The minimum absolute atomic E-state index is 0.671. The van der Waals surface area contributed by atoms with Crippen molar-refractivity contribution < 1.29 is 0 Å². The van der Waals surface area contributed by atoms with E-state index in [1.54, 1.807) is 0 Å². The Hall–Kier alpha value is -0.470. The van der Waals surface area contributed by atoms with E-state index in [9.17, 15) is 0 Å². The Morgan fingerprint density at radius 3 is 2.47 bits per heavy atom. The van der Waals surface area contributed by atoms with Crippen molar-refractivity contribution in [2.45, 2.75) is 32.7 Å². The zero-order valence-electron chi connectivity index (χ0n) is 9.66. The molecule has 0 aliphatic carbocycles. The molecule has 1 rings (SSSR count). The molecule has 15 heavy (non-hydrogen) atoms. The van der Waals surface area contributed by atoms with Crippen LogP contribution in [-0.4, -0.2) is 12.3 Å². The van der Waals surface area contributed by atoms with Gasteiger partial charge < -0.3 is 5.32 Å². The highest BCUT2D eigenvalue weighted by Gasteiger charge is 2.01. The second-order valence-corrected chi connectivity index (χ2v) is 4.40. The lowest BCUT2D eigenvalue weighted by atomic mass is 9.98. The molecule has 0 saturated carbocycles. The van der Waals surface area contributed by atoms with Gasteiger partial charge in [0.05, 0.1) is 0 Å². The predicted molar refractivity (Wildman–Crippen MR) is 70.7 cm³/mol. The third kappa shape index (κ3) is 4.27. The Kier molecular flexibility index (Phi) is 5.81. The number of benzene rings is 1. The molecule has 0 aliphatic heterocycles. The van der Waals surface area contributed by atoms with Crippen LogP contribution in [0.1, 0.15) is 37.3 Å². The number of thiol groups is 1. The fraction of sp³-hybridized carbons (Fsp3) is 0.538. The fourth-order valence-electron chi connectivity index (χ4n) is 1.51. The van der Waals surface area contributed by atoms with Gasteiger partial charge in [-0.25, -0.2) is 0 Å². The van der Waals surface area contributed by atoms with Crippen molar-refractivity contribution in [2.75, 3.05) is 12.3 Å². The van der Waals surface area contributed by atoms with Crippen LogP contribution in [0.2, 0.25) is 0 Å². The molecule has 1 aromatic carbocycles. The van der Waals surface area contributed by atoms with Crippen molar-refractivity contribution in [1.82, 2.24) is 5.32 Å². The minimum Gasteiger partial charge on any atom is -0.312 e. The van der Waals surface area contributed by atoms with Crippen LogP contribution >= 0.6 is 12.6 Å². The van der Waals surface area contributed by atoms with Crippen LogP contribution in [0.3, 0.4) is 0 Å². The molecule has 0 radical (unpaired) electrons. The summed E-state index contributed by atoms with van der Waals surface area (Å²) in [4.78, 5) is 0. The topological polar surface area (TPSA) is 12.0 Å². The first kappa shape index (κ1) is 12.6. The predicted octanol–water partition coefficient (Wildman–Crippen LogP) is 3.22. The van der Waals surface area contributed by atoms with E-state index in [0.29, 0.717) is 5.92 Å². The Balaban J connectivity index is 2.49. The van der Waals surface area contributed by atoms with Gasteiger partial charge in [-0.05, 0) is 23.5 Å². The maximum Gasteiger partial charge on any atom is 0.0205 e. The Morgan fingerprint density at radius 1 is 1.27 bits per heavy atom. The quantitative estimate of drug-likeness (QED) is 0.557. The monoisotopic (exact) mass is 223 g/mol. The van der Waals surface area contributed by atoms with Crippen molar-refractivity contribution in [3.8, 4) is 0 Å². The zero-order chi connectivity index (χ0) is 11.1. The van der Waals surface area contributed by atoms with Crippen LogP contribution < -0.4 is 5.32 Å². The van der Waals surface area contributed by atoms with Crippen molar-refractivity contribution >= 4 is 12.6 Å². The van der Waals surface area contributed by atoms with Crippen LogP contribution in [0, 0.1) is 0 Å². The van der Waals surface area contributed by atoms with Crippen LogP contribution in [0.4, 0.5) is 0 Å². The van der Waals surface area contributed by atoms with Gasteiger partial charge in [0.25, 0.3) is 0 Å². The summed E-state index contributed by atoms with van der Waals surface area (Å²) in [6.45, 7) is 6.42. The van der Waals surface area contributed by atoms with Gasteiger partial charge in [-0.2, -0.15) is 12.6 Å². The smallest absolute Gasteiger partial charge is 0.0205 e. The Morgan fingerprint density at radius 2 is 1.93 bits per heavy atom. The van der Waals surface area contributed by atoms with E-state index in [1.807, 2.05) is 0 Å². The average molecular weight is 223 g/mol. The van der Waals surface area contributed by atoms with Crippen molar-refractivity contribution in [3.05, 3.63) is 35.4 Å². The van der Waals surface area contributed by atoms with Crippen LogP contribution in [0.5, 0.6) is 0 Å². The molecule has 0 spiro atoms. The Bertz CT molecular complexity index is 268. The summed E-state index contributed by atoms with van der Waals surface area (Å²) >= 11 is 4.16. The molecule has 1 unspecified atom stereocenters. The molecule has 1 N–H and O–H groups in total. The van der Waals surface area contributed by atoms with E-state index >= 15 is 0 Å². The van der Waals surface area contributed by atoms with Crippen molar-refractivity contribution in [3.63, 3.8) is 0 Å². The summed E-state index contributed by atoms with van der Waals surface area (Å²) in [6.07, 6.45) is 1.21. The van der Waals surface area contributed by atoms with Gasteiger partial charge in [0.2, 0.25) is 0 Å². The van der Waals surface area contributed by atoms with Crippen molar-refractivity contribution in [2.24, 2.45) is 0 Å². The molecule has 1 atom stereocenters. The number of rotatable bonds is 6. The zero-order valence-corrected chi connectivity index (χ0v) is 10.6. The molecule has 1 nitrogen and oxygen atoms in total. The third-order valence-electron chi connectivity index (χ3n) is 2.78. The minimum atomic E-state index is 0.671. The van der Waals surface area contributed by atoms with E-state index in [0.717, 1.165) is 18.8 Å². The first-order valence-corrected chi connectivity index (χ1v) is 6.31. The van der Waals surface area contributed by atoms with E-state index in [4.69, 9.17) is 0 Å². The van der Waals surface area contributed by atoms with Gasteiger partial charge in [0, 0.05) is 18.8 Å². The summed E-state index contributed by atoms with van der Waals surface area (Å²) in [6, 6.07) is 8.91. The third-order valence-corrected chi connectivity index (χ3v) is 3.00. The highest BCUT2D eigenvalue weighted by atomic mass is 32.1. The molecule has 0 fully saturated rings. The molecule has 2 heteroatoms. The maximum atomic E-state index is 4.16. The van der Waals surface area contributed by atoms with E-state index < -0.39 is 0 Å². The SMILES string of the molecule is CCC(C)c1ccc(CNCCS)cc1. The van der Waals surface area contributed by atoms with E-state index in [-0.39, 0.29) is 0 Å². The van der Waals surface area contributed by atoms with Crippen molar-refractivity contribution in [1.29, 1.82) is 0 Å². The summed E-state index contributed by atoms with van der Waals surface area (Å²) in [7, 11) is 0. The molecule has 0 aromatic heterocycles. The summed E-state index contributed by atoms with van der Waals surface area (Å²) in [5.74, 6) is 1.56. The Labute approximate surface area is 98.7 Å². The standard InChI is InChI=1S/C13H21NS/c1-3-11(2)13-6-4-12(5-7-13)10-14-8-9-15/h4-7,11,14-15H,3,8-10H2,1-2H3. The highest BCUT2D eigenvalue weighted by molar-refractivity contribution is 7.80. The molecule has 84 valence electrons. The molecule has 0 saturated heterocycles. The fourth-order valence-corrected chi connectivity index (χ4v) is 1.67. The van der Waals surface area contributed by atoms with E-state index in [1.165, 1.54) is 17.5 Å². The average Bonchev–Trinajstić information content (AvgIpc) is 2.29. The lowest BCUT2D eigenvalue weighted by molar-refractivity contribution is 0.722. The highest BCUT2D eigenvalue weighted by Crippen LogP contribution is 2.18. The molecule has 0 heterocycles. The van der Waals surface area contributed by atoms with Crippen LogP contribution in [0.25, 0.3) is 0 Å². The normalized spacial score (nSPS) is 12.7. The second kappa shape index (κ2) is 6.91. The molecule has 0 amide bonds. The number of hydrogen-bond acceptors (Lipinski definition) is 2. The maximum absolute atomic E-state index is 4.16. The van der Waals surface area contributed by atoms with Gasteiger partial charge in [0.1, 0.15) is 0 Å². The summed E-state index contributed by atoms with van der Waals surface area (Å²) in [5, 5.41) is 3.34. The van der Waals surface area contributed by atoms with Gasteiger partial charge in [0.15, 0.2) is 0 Å². The molecular weight excluding hydrogens is 202 g/mol. The summed E-state index contributed by atoms with van der Waals surface area (Å²) < 4.78 is 0. The van der Waals surface area contributed by atoms with Gasteiger partial charge in [-0.3, -0.25) is 0 Å². The van der Waals surface area contributed by atoms with Crippen LogP contribution in [0.15, 0.2) is 24.3 Å². The van der Waals surface area contributed by atoms with Gasteiger partial charge >= 0.3 is 0 Å². The number of hydrogen-bond donors (Lipinski definition) is 2. The van der Waals surface area contributed by atoms with E-state index in [2.05, 4.69) is 56.1 Å². The van der Waals surface area contributed by atoms with Gasteiger partial charge in [-0.1, -0.05) is 38.1 Å². The lowest BCUT2D eigenvalue weighted by Gasteiger charge is -2.10. The second-order valence-electron chi connectivity index (χ2n) is 3.95. The molecule has 1 aromatic rings. The number of nitrogens with one attached hydrogen (secondary N) is 1. The summed E-state index contributed by atoms with van der Waals surface area (Å²) in [5.41, 5.74) is 2.79. The largest absolute Gasteiger partial charge is 0.312 e. The first-order chi connectivity index (χ1) is 7.27. The first-order valence-electron chi connectivity index (χ1n) is 5.68. The molecule has 0 bridgehead atoms. The molecule has 0 aliphatic rings. The lowest BCUT2D eigenvalue weighted by Crippen LogP contribution is -2.15. The van der Waals surface area contributed by atoms with Gasteiger partial charge in [-0.15, -0.1) is 0 Å². The van der Waals surface area contributed by atoms with Crippen LogP contribution in [-0.2, 0) is 6.54 Å².